The van der Waals surface area contributed by atoms with Crippen LogP contribution in [0.4, 0.5) is 4.39 Å². The molecule has 1 atom stereocenters. The van der Waals surface area contributed by atoms with Gasteiger partial charge in [-0.2, -0.15) is 0 Å². The van der Waals surface area contributed by atoms with Gasteiger partial charge in [0.1, 0.15) is 6.10 Å². The Kier molecular flexibility index (Phi) is 13.2. The van der Waals surface area contributed by atoms with Crippen molar-refractivity contribution in [3.8, 4) is 11.1 Å². The van der Waals surface area contributed by atoms with E-state index in [-0.39, 0.29) is 12.5 Å². The van der Waals surface area contributed by atoms with Crippen LogP contribution in [0.2, 0.25) is 0 Å². The molecule has 0 saturated heterocycles. The number of hydrogen-bond donors (Lipinski definition) is 0. The van der Waals surface area contributed by atoms with Gasteiger partial charge < -0.3 is 4.74 Å². The Morgan fingerprint density at radius 1 is 0.757 bits per heavy atom. The van der Waals surface area contributed by atoms with Gasteiger partial charge in [-0.15, -0.1) is 0 Å². The van der Waals surface area contributed by atoms with Crippen LogP contribution in [0.5, 0.6) is 0 Å². The van der Waals surface area contributed by atoms with Gasteiger partial charge in [0, 0.05) is 0 Å². The van der Waals surface area contributed by atoms with Crippen molar-refractivity contribution in [3.63, 3.8) is 0 Å². The van der Waals surface area contributed by atoms with Gasteiger partial charge in [0.25, 0.3) is 0 Å². The lowest BCUT2D eigenvalue weighted by atomic mass is 9.83. The second kappa shape index (κ2) is 16.6. The van der Waals surface area contributed by atoms with Crippen LogP contribution < -0.4 is 0 Å². The monoisotopic (exact) mass is 508 g/mol. The van der Waals surface area contributed by atoms with Crippen LogP contribution in [-0.2, 0) is 22.4 Å². The first kappa shape index (κ1) is 29.4. The second-order valence-corrected chi connectivity index (χ2v) is 11.1. The third-order valence-electron chi connectivity index (χ3n) is 8.04. The molecule has 0 N–H and O–H groups in total. The van der Waals surface area contributed by atoms with E-state index in [9.17, 15) is 9.18 Å². The molecule has 0 aliphatic heterocycles. The lowest BCUT2D eigenvalue weighted by Gasteiger charge is -2.28. The molecular weight excluding hydrogens is 459 g/mol. The number of carbonyl (C=O) groups excluding carboxylic acids is 1. The molecule has 1 saturated carbocycles. The number of carbonyl (C=O) groups is 1. The molecule has 1 aliphatic rings. The Bertz CT molecular complexity index is 881. The van der Waals surface area contributed by atoms with E-state index in [0.29, 0.717) is 5.92 Å². The summed E-state index contributed by atoms with van der Waals surface area (Å²) in [6.45, 7) is 4.27. The molecule has 0 radical (unpaired) electrons. The van der Waals surface area contributed by atoms with E-state index in [1.54, 1.807) is 0 Å². The van der Waals surface area contributed by atoms with Crippen LogP contribution in [0.25, 0.3) is 11.1 Å². The van der Waals surface area contributed by atoms with Crippen LogP contribution >= 0.6 is 0 Å². The summed E-state index contributed by atoms with van der Waals surface area (Å²) < 4.78 is 19.3. The Balaban J connectivity index is 1.35. The molecule has 3 rings (SSSR count). The highest BCUT2D eigenvalue weighted by molar-refractivity contribution is 5.74. The normalized spacial score (nSPS) is 18.5. The number of ether oxygens (including phenoxy) is 1. The number of alkyl halides is 1. The van der Waals surface area contributed by atoms with Crippen LogP contribution in [0.15, 0.2) is 48.5 Å². The molecule has 1 fully saturated rings. The Labute approximate surface area is 225 Å². The number of halogens is 1. The van der Waals surface area contributed by atoms with E-state index in [1.165, 1.54) is 67.2 Å². The molecule has 0 amide bonds. The average molecular weight is 509 g/mol. The van der Waals surface area contributed by atoms with E-state index in [2.05, 4.69) is 55.5 Å². The molecule has 0 bridgehead atoms. The molecule has 0 heterocycles. The van der Waals surface area contributed by atoms with Gasteiger partial charge in [0.15, 0.2) is 6.17 Å². The van der Waals surface area contributed by atoms with Crippen molar-refractivity contribution in [1.82, 2.24) is 0 Å². The summed E-state index contributed by atoms with van der Waals surface area (Å²) in [6.07, 6.45) is 15.7. The molecule has 0 aromatic heterocycles. The number of benzene rings is 2. The first-order valence-electron chi connectivity index (χ1n) is 15.1. The van der Waals surface area contributed by atoms with Crippen LogP contribution in [0, 0.1) is 5.92 Å². The maximum atomic E-state index is 13.9. The summed E-state index contributed by atoms with van der Waals surface area (Å²) in [5.74, 6) is 0.0134. The largest absolute Gasteiger partial charge is 0.460 e. The van der Waals surface area contributed by atoms with Crippen molar-refractivity contribution in [2.75, 3.05) is 0 Å². The number of unbranched alkanes of at least 4 members (excludes halogenated alkanes) is 6. The highest BCUT2D eigenvalue weighted by Gasteiger charge is 2.27. The van der Waals surface area contributed by atoms with E-state index in [0.717, 1.165) is 51.4 Å². The zero-order valence-electron chi connectivity index (χ0n) is 23.4. The predicted molar refractivity (Wildman–Crippen MR) is 154 cm³/mol. The number of esters is 1. The minimum atomic E-state index is -1.45. The van der Waals surface area contributed by atoms with Gasteiger partial charge in [-0.25, -0.2) is 9.18 Å². The Hall–Kier alpha value is -2.16. The van der Waals surface area contributed by atoms with Gasteiger partial charge in [-0.1, -0.05) is 107 Å². The number of aryl methyl sites for hydroxylation is 2. The van der Waals surface area contributed by atoms with E-state index < -0.39 is 12.1 Å². The second-order valence-electron chi connectivity index (χ2n) is 11.1. The van der Waals surface area contributed by atoms with Crippen molar-refractivity contribution < 1.29 is 13.9 Å². The summed E-state index contributed by atoms with van der Waals surface area (Å²) in [5, 5.41) is 0. The topological polar surface area (TPSA) is 26.3 Å². The molecular formula is C34H49FO2. The van der Waals surface area contributed by atoms with Gasteiger partial charge in [-0.3, -0.25) is 0 Å². The zero-order valence-corrected chi connectivity index (χ0v) is 23.4. The summed E-state index contributed by atoms with van der Waals surface area (Å²) in [6, 6.07) is 18.2. The molecule has 204 valence electrons. The Morgan fingerprint density at radius 3 is 1.89 bits per heavy atom. The maximum absolute atomic E-state index is 13.9. The quantitative estimate of drug-likeness (QED) is 0.167. The summed E-state index contributed by atoms with van der Waals surface area (Å²) in [7, 11) is 0. The van der Waals surface area contributed by atoms with Crippen molar-refractivity contribution in [2.45, 2.75) is 129 Å². The average Bonchev–Trinajstić information content (AvgIpc) is 2.94. The third kappa shape index (κ3) is 10.6. The fraction of sp³-hybridized carbons (Fsp3) is 0.618. The summed E-state index contributed by atoms with van der Waals surface area (Å²) >= 11 is 0. The van der Waals surface area contributed by atoms with Crippen molar-refractivity contribution in [3.05, 3.63) is 59.7 Å². The van der Waals surface area contributed by atoms with Crippen LogP contribution in [0.1, 0.15) is 115 Å². The van der Waals surface area contributed by atoms with E-state index in [4.69, 9.17) is 4.74 Å². The molecule has 3 heteroatoms. The smallest absolute Gasteiger partial charge is 0.340 e. The van der Waals surface area contributed by atoms with E-state index in [1.807, 2.05) is 6.92 Å². The predicted octanol–water partition coefficient (Wildman–Crippen LogP) is 9.82. The summed E-state index contributed by atoms with van der Waals surface area (Å²) in [5.41, 5.74) is 5.40. The minimum Gasteiger partial charge on any atom is -0.460 e. The molecule has 0 unspecified atom stereocenters. The van der Waals surface area contributed by atoms with Crippen molar-refractivity contribution >= 4 is 5.97 Å². The summed E-state index contributed by atoms with van der Waals surface area (Å²) in [4.78, 5) is 11.9. The van der Waals surface area contributed by atoms with E-state index >= 15 is 0 Å². The fourth-order valence-corrected chi connectivity index (χ4v) is 5.49. The maximum Gasteiger partial charge on any atom is 0.340 e. The molecule has 1 aliphatic carbocycles. The third-order valence-corrected chi connectivity index (χ3v) is 8.04. The molecule has 37 heavy (non-hydrogen) atoms. The fourth-order valence-electron chi connectivity index (χ4n) is 5.49. The zero-order chi connectivity index (χ0) is 26.3. The first-order chi connectivity index (χ1) is 18.1. The number of hydrogen-bond acceptors (Lipinski definition) is 2. The standard InChI is InChI=1S/C34H49FO2/c1-3-5-7-8-9-10-11-27-15-21-30(22-16-27)31-23-17-28(18-24-31)13-14-29-19-25-32(26-20-29)37-34(36)33(35)12-6-4-2/h15-18,21-24,29,32-33H,3-14,19-20,25-26H2,1-2H3/t29?,32?,33-/m0/s1. The van der Waals surface area contributed by atoms with Gasteiger partial charge >= 0.3 is 5.97 Å². The first-order valence-corrected chi connectivity index (χ1v) is 15.1. The number of rotatable bonds is 16. The Morgan fingerprint density at radius 2 is 1.30 bits per heavy atom. The lowest BCUT2D eigenvalue weighted by molar-refractivity contribution is -0.157. The molecule has 2 aromatic carbocycles. The minimum absolute atomic E-state index is 0.0971. The van der Waals surface area contributed by atoms with Gasteiger partial charge in [-0.05, 0) is 86.0 Å². The molecule has 2 nitrogen and oxygen atoms in total. The highest BCUT2D eigenvalue weighted by Crippen LogP contribution is 2.30. The van der Waals surface area contributed by atoms with Crippen LogP contribution in [-0.4, -0.2) is 18.2 Å². The highest BCUT2D eigenvalue weighted by atomic mass is 19.1. The van der Waals surface area contributed by atoms with Gasteiger partial charge in [0.05, 0.1) is 0 Å². The van der Waals surface area contributed by atoms with Gasteiger partial charge in [0.2, 0.25) is 0 Å². The lowest BCUT2D eigenvalue weighted by Crippen LogP contribution is -2.29. The SMILES string of the molecule is CCCCCCCCc1ccc(-c2ccc(CCC3CCC(OC(=O)[C@@H](F)CCCC)CC3)cc2)cc1. The molecule has 0 spiro atoms. The van der Waals surface area contributed by atoms with Crippen molar-refractivity contribution in [2.24, 2.45) is 5.92 Å². The molecule has 2 aromatic rings. The van der Waals surface area contributed by atoms with Crippen molar-refractivity contribution in [1.29, 1.82) is 0 Å². The van der Waals surface area contributed by atoms with Crippen LogP contribution in [0.3, 0.4) is 0 Å².